The van der Waals surface area contributed by atoms with Crippen molar-refractivity contribution in [2.45, 2.75) is 19.3 Å². The first kappa shape index (κ1) is 12.8. The molecule has 1 aromatic rings. The molecule has 0 unspecified atom stereocenters. The summed E-state index contributed by atoms with van der Waals surface area (Å²) in [5.41, 5.74) is 3.32. The number of hydrogen-bond acceptors (Lipinski definition) is 2. The highest BCUT2D eigenvalue weighted by molar-refractivity contribution is 5.89. The highest BCUT2D eigenvalue weighted by Gasteiger charge is 2.14. The van der Waals surface area contributed by atoms with Crippen LogP contribution < -0.4 is 0 Å². The number of fused-ring (bicyclic) bond motifs is 1. The first-order chi connectivity index (χ1) is 7.31. The average molecular weight is 239 g/mol. The van der Waals surface area contributed by atoms with Crippen LogP contribution in [0.4, 0.5) is 0 Å². The fourth-order valence-electron chi connectivity index (χ4n) is 1.92. The lowest BCUT2D eigenvalue weighted by Crippen LogP contribution is -2.05. The van der Waals surface area contributed by atoms with Crippen molar-refractivity contribution in [3.8, 4) is 0 Å². The van der Waals surface area contributed by atoms with Crippen molar-refractivity contribution >= 4 is 18.4 Å². The smallest absolute Gasteiger partial charge is 0.338 e. The normalized spacial score (nSPS) is 12.5. The molecule has 0 saturated carbocycles. The summed E-state index contributed by atoms with van der Waals surface area (Å²) in [6.45, 7) is 3.78. The minimum Gasteiger partial charge on any atom is -0.458 e. The summed E-state index contributed by atoms with van der Waals surface area (Å²) in [6, 6.07) is 5.83. The molecule has 0 saturated heterocycles. The molecule has 2 rings (SSSR count). The van der Waals surface area contributed by atoms with E-state index in [0.29, 0.717) is 5.56 Å². The van der Waals surface area contributed by atoms with Gasteiger partial charge < -0.3 is 4.74 Å². The van der Waals surface area contributed by atoms with E-state index < -0.39 is 0 Å². The summed E-state index contributed by atoms with van der Waals surface area (Å²) < 4.78 is 4.98. The maximum absolute atomic E-state index is 11.5. The van der Waals surface area contributed by atoms with E-state index in [2.05, 4.69) is 6.58 Å². The zero-order valence-electron chi connectivity index (χ0n) is 9.07. The molecule has 0 spiro atoms. The van der Waals surface area contributed by atoms with Crippen molar-refractivity contribution in [2.75, 3.05) is 6.61 Å². The Balaban J connectivity index is 0.00000128. The number of ether oxygens (including phenoxy) is 1. The van der Waals surface area contributed by atoms with E-state index >= 15 is 0 Å². The maximum atomic E-state index is 11.5. The lowest BCUT2D eigenvalue weighted by Gasteiger charge is -2.04. The van der Waals surface area contributed by atoms with E-state index in [-0.39, 0.29) is 25.0 Å². The van der Waals surface area contributed by atoms with Crippen LogP contribution in [0.1, 0.15) is 27.9 Å². The van der Waals surface area contributed by atoms with Gasteiger partial charge in [0.2, 0.25) is 0 Å². The number of esters is 1. The van der Waals surface area contributed by atoms with E-state index in [9.17, 15) is 4.79 Å². The number of benzene rings is 1. The third-order valence-electron chi connectivity index (χ3n) is 2.67. The van der Waals surface area contributed by atoms with E-state index in [1.165, 1.54) is 17.5 Å². The zero-order chi connectivity index (χ0) is 10.7. The van der Waals surface area contributed by atoms with Crippen molar-refractivity contribution in [1.82, 2.24) is 0 Å². The second-order valence-corrected chi connectivity index (χ2v) is 3.72. The van der Waals surface area contributed by atoms with Gasteiger partial charge in [0.1, 0.15) is 6.61 Å². The van der Waals surface area contributed by atoms with Crippen LogP contribution >= 0.6 is 12.4 Å². The maximum Gasteiger partial charge on any atom is 0.338 e. The molecular formula is C13H15ClO2. The fourth-order valence-corrected chi connectivity index (χ4v) is 1.92. The van der Waals surface area contributed by atoms with Crippen molar-refractivity contribution in [1.29, 1.82) is 0 Å². The standard InChI is InChI=1S/C13H14O2.ClH/c1-2-8-15-13(14)12-7-6-10-4-3-5-11(10)9-12;/h2,6-7,9H,1,3-5,8H2;1H. The second kappa shape index (κ2) is 5.71. The van der Waals surface area contributed by atoms with Crippen molar-refractivity contribution in [3.05, 3.63) is 47.5 Å². The molecule has 2 nitrogen and oxygen atoms in total. The summed E-state index contributed by atoms with van der Waals surface area (Å²) >= 11 is 0. The molecule has 0 N–H and O–H groups in total. The van der Waals surface area contributed by atoms with Crippen LogP contribution in [-0.2, 0) is 17.6 Å². The molecule has 3 heteroatoms. The molecule has 16 heavy (non-hydrogen) atoms. The van der Waals surface area contributed by atoms with Crippen molar-refractivity contribution in [2.24, 2.45) is 0 Å². The van der Waals surface area contributed by atoms with Crippen molar-refractivity contribution in [3.63, 3.8) is 0 Å². The number of aryl methyl sites for hydroxylation is 2. The monoisotopic (exact) mass is 238 g/mol. The van der Waals surface area contributed by atoms with Crippen LogP contribution in [0, 0.1) is 0 Å². The Labute approximate surface area is 102 Å². The third kappa shape index (κ3) is 2.64. The fraction of sp³-hybridized carbons (Fsp3) is 0.308. The third-order valence-corrected chi connectivity index (χ3v) is 2.67. The predicted molar refractivity (Wildman–Crippen MR) is 66.2 cm³/mol. The number of rotatable bonds is 3. The molecule has 0 heterocycles. The molecule has 0 aromatic heterocycles. The molecule has 0 fully saturated rings. The van der Waals surface area contributed by atoms with Gasteiger partial charge in [-0.25, -0.2) is 4.79 Å². The highest BCUT2D eigenvalue weighted by atomic mass is 35.5. The molecule has 0 aliphatic heterocycles. The van der Waals surface area contributed by atoms with Crippen molar-refractivity contribution < 1.29 is 9.53 Å². The molecule has 0 amide bonds. The van der Waals surface area contributed by atoms with Gasteiger partial charge in [-0.2, -0.15) is 0 Å². The number of halogens is 1. The molecule has 86 valence electrons. The number of carbonyl (C=O) groups excluding carboxylic acids is 1. The van der Waals surface area contributed by atoms with Crippen LogP contribution in [0.2, 0.25) is 0 Å². The van der Waals surface area contributed by atoms with Gasteiger partial charge in [0.05, 0.1) is 5.56 Å². The van der Waals surface area contributed by atoms with Gasteiger partial charge in [0, 0.05) is 0 Å². The molecule has 0 atom stereocenters. The van der Waals surface area contributed by atoms with E-state index in [4.69, 9.17) is 4.74 Å². The van der Waals surface area contributed by atoms with Gasteiger partial charge >= 0.3 is 5.97 Å². The largest absolute Gasteiger partial charge is 0.458 e. The van der Waals surface area contributed by atoms with E-state index in [1.54, 1.807) is 6.08 Å². The predicted octanol–water partition coefficient (Wildman–Crippen LogP) is 2.94. The van der Waals surface area contributed by atoms with Gasteiger partial charge in [-0.15, -0.1) is 12.4 Å². The van der Waals surface area contributed by atoms with Gasteiger partial charge in [-0.05, 0) is 42.5 Å². The first-order valence-corrected chi connectivity index (χ1v) is 5.21. The van der Waals surface area contributed by atoms with Gasteiger partial charge in [0.25, 0.3) is 0 Å². The Morgan fingerprint density at radius 3 is 2.88 bits per heavy atom. The second-order valence-electron chi connectivity index (χ2n) is 3.72. The average Bonchev–Trinajstić information content (AvgIpc) is 2.72. The van der Waals surface area contributed by atoms with Crippen LogP contribution in [-0.4, -0.2) is 12.6 Å². The minimum absolute atomic E-state index is 0. The summed E-state index contributed by atoms with van der Waals surface area (Å²) in [5, 5.41) is 0. The summed E-state index contributed by atoms with van der Waals surface area (Å²) in [4.78, 5) is 11.5. The molecule has 1 aromatic carbocycles. The Hall–Kier alpha value is -1.28. The van der Waals surface area contributed by atoms with Gasteiger partial charge in [-0.1, -0.05) is 18.7 Å². The molecule has 0 bridgehead atoms. The molecule has 0 radical (unpaired) electrons. The highest BCUT2D eigenvalue weighted by Crippen LogP contribution is 2.23. The topological polar surface area (TPSA) is 26.3 Å². The Morgan fingerprint density at radius 2 is 2.12 bits per heavy atom. The summed E-state index contributed by atoms with van der Waals surface area (Å²) in [5.74, 6) is -0.260. The van der Waals surface area contributed by atoms with E-state index in [1.807, 2.05) is 18.2 Å². The van der Waals surface area contributed by atoms with Crippen LogP contribution in [0.5, 0.6) is 0 Å². The van der Waals surface area contributed by atoms with Crippen LogP contribution in [0.3, 0.4) is 0 Å². The zero-order valence-corrected chi connectivity index (χ0v) is 9.89. The SMILES string of the molecule is C=CCOC(=O)c1ccc2c(c1)CCC2.Cl. The number of carbonyl (C=O) groups is 1. The molecular weight excluding hydrogens is 224 g/mol. The van der Waals surface area contributed by atoms with Crippen LogP contribution in [0.25, 0.3) is 0 Å². The summed E-state index contributed by atoms with van der Waals surface area (Å²) in [7, 11) is 0. The Kier molecular flexibility index (Phi) is 4.56. The Morgan fingerprint density at radius 1 is 1.38 bits per heavy atom. The summed E-state index contributed by atoms with van der Waals surface area (Å²) in [6.07, 6.45) is 4.99. The number of hydrogen-bond donors (Lipinski definition) is 0. The van der Waals surface area contributed by atoms with E-state index in [0.717, 1.165) is 12.8 Å². The lowest BCUT2D eigenvalue weighted by atomic mass is 10.1. The molecule has 1 aliphatic rings. The minimum atomic E-state index is -0.260. The van der Waals surface area contributed by atoms with Gasteiger partial charge in [-0.3, -0.25) is 0 Å². The van der Waals surface area contributed by atoms with Gasteiger partial charge in [0.15, 0.2) is 0 Å². The Bertz CT molecular complexity index is 399. The lowest BCUT2D eigenvalue weighted by molar-refractivity contribution is 0.0549. The first-order valence-electron chi connectivity index (χ1n) is 5.21. The molecule has 1 aliphatic carbocycles. The quantitative estimate of drug-likeness (QED) is 0.598. The van der Waals surface area contributed by atoms with Crippen LogP contribution in [0.15, 0.2) is 30.9 Å².